The highest BCUT2D eigenvalue weighted by molar-refractivity contribution is 9.18. The van der Waals surface area contributed by atoms with Crippen molar-refractivity contribution in [3.05, 3.63) is 29.8 Å². The summed E-state index contributed by atoms with van der Waals surface area (Å²) in [6.45, 7) is 0.671. The molecule has 1 amide bonds. The van der Waals surface area contributed by atoms with Crippen LogP contribution in [-0.4, -0.2) is 30.4 Å². The van der Waals surface area contributed by atoms with E-state index in [1.807, 2.05) is 24.3 Å². The molecule has 0 N–H and O–H groups in total. The predicted molar refractivity (Wildman–Crippen MR) is 63.7 cm³/mol. The van der Waals surface area contributed by atoms with E-state index >= 15 is 0 Å². The van der Waals surface area contributed by atoms with Gasteiger partial charge in [-0.2, -0.15) is 0 Å². The third kappa shape index (κ3) is 3.55. The second-order valence-corrected chi connectivity index (χ2v) is 3.91. The van der Waals surface area contributed by atoms with Crippen LogP contribution in [0.4, 0.5) is 4.79 Å². The van der Waals surface area contributed by atoms with Crippen LogP contribution < -0.4 is 4.74 Å². The zero-order chi connectivity index (χ0) is 11.3. The summed E-state index contributed by atoms with van der Waals surface area (Å²) in [6, 6.07) is 7.83. The summed E-state index contributed by atoms with van der Waals surface area (Å²) in [5.41, 5.74) is 1.11. The molecule has 0 aliphatic rings. The molecule has 0 unspecified atom stereocenters. The van der Waals surface area contributed by atoms with E-state index in [9.17, 15) is 4.79 Å². The van der Waals surface area contributed by atoms with Crippen LogP contribution in [0.15, 0.2) is 24.3 Å². The lowest BCUT2D eigenvalue weighted by Crippen LogP contribution is -2.23. The third-order valence-corrected chi connectivity index (χ3v) is 2.81. The Morgan fingerprint density at radius 2 is 2.13 bits per heavy atom. The number of halogens is 1. The Bertz CT molecular complexity index is 341. The fourth-order valence-corrected chi connectivity index (χ4v) is 1.46. The van der Waals surface area contributed by atoms with Crippen LogP contribution in [0.3, 0.4) is 0 Å². The van der Waals surface area contributed by atoms with E-state index in [-0.39, 0.29) is 4.82 Å². The Balaban J connectivity index is 2.60. The van der Waals surface area contributed by atoms with E-state index in [4.69, 9.17) is 4.74 Å². The molecule has 0 spiro atoms. The Labute approximate surface area is 98.2 Å². The smallest absolute Gasteiger partial charge is 0.289 e. The monoisotopic (exact) mass is 271 g/mol. The molecule has 0 saturated heterocycles. The number of benzene rings is 1. The van der Waals surface area contributed by atoms with Gasteiger partial charge in [0.2, 0.25) is 0 Å². The normalized spacial score (nSPS) is 9.80. The van der Waals surface area contributed by atoms with Crippen LogP contribution in [0.2, 0.25) is 0 Å². The summed E-state index contributed by atoms with van der Waals surface area (Å²) in [5, 5.41) is 0. The lowest BCUT2D eigenvalue weighted by Gasteiger charge is -2.14. The Morgan fingerprint density at radius 3 is 2.73 bits per heavy atom. The fourth-order valence-electron chi connectivity index (χ4n) is 1.29. The SMILES string of the molecule is COc1ccccc1CCN(C)C(=O)Br. The molecule has 0 aliphatic carbocycles. The first-order valence-electron chi connectivity index (χ1n) is 4.67. The van der Waals surface area contributed by atoms with Crippen LogP contribution >= 0.6 is 15.9 Å². The molecule has 82 valence electrons. The van der Waals surface area contributed by atoms with Crippen molar-refractivity contribution in [3.63, 3.8) is 0 Å². The van der Waals surface area contributed by atoms with Gasteiger partial charge in [-0.15, -0.1) is 0 Å². The molecule has 0 saturated carbocycles. The van der Waals surface area contributed by atoms with Crippen molar-refractivity contribution in [3.8, 4) is 5.75 Å². The highest BCUT2D eigenvalue weighted by Crippen LogP contribution is 2.17. The summed E-state index contributed by atoms with van der Waals surface area (Å²) in [4.78, 5) is 12.4. The first-order valence-corrected chi connectivity index (χ1v) is 5.47. The van der Waals surface area contributed by atoms with E-state index in [0.717, 1.165) is 17.7 Å². The minimum absolute atomic E-state index is 0.0996. The number of methoxy groups -OCH3 is 1. The van der Waals surface area contributed by atoms with Gasteiger partial charge in [0.25, 0.3) is 4.82 Å². The highest BCUT2D eigenvalue weighted by atomic mass is 79.9. The number of carbonyl (C=O) groups is 1. The minimum atomic E-state index is -0.0996. The fraction of sp³-hybridized carbons (Fsp3) is 0.364. The zero-order valence-electron chi connectivity index (χ0n) is 8.87. The van der Waals surface area contributed by atoms with Crippen molar-refractivity contribution < 1.29 is 9.53 Å². The summed E-state index contributed by atoms with van der Waals surface area (Å²) < 4.78 is 5.22. The van der Waals surface area contributed by atoms with E-state index in [0.29, 0.717) is 6.54 Å². The number of amides is 1. The molecule has 4 heteroatoms. The van der Waals surface area contributed by atoms with Gasteiger partial charge in [-0.05, 0) is 18.1 Å². The van der Waals surface area contributed by atoms with Gasteiger partial charge in [0, 0.05) is 29.5 Å². The van der Waals surface area contributed by atoms with Crippen molar-refractivity contribution in [2.45, 2.75) is 6.42 Å². The maximum atomic E-state index is 10.9. The molecule has 1 aromatic carbocycles. The molecular formula is C11H14BrNO2. The van der Waals surface area contributed by atoms with Crippen molar-refractivity contribution >= 4 is 20.7 Å². The highest BCUT2D eigenvalue weighted by Gasteiger charge is 2.06. The Morgan fingerprint density at radius 1 is 1.47 bits per heavy atom. The Hall–Kier alpha value is -1.03. The van der Waals surface area contributed by atoms with Gasteiger partial charge in [0.1, 0.15) is 5.75 Å². The maximum Gasteiger partial charge on any atom is 0.289 e. The second-order valence-electron chi connectivity index (χ2n) is 3.24. The van der Waals surface area contributed by atoms with Crippen molar-refractivity contribution in [2.75, 3.05) is 20.7 Å². The predicted octanol–water partition coefficient (Wildman–Crippen LogP) is 2.68. The molecule has 3 nitrogen and oxygen atoms in total. The number of carbonyl (C=O) groups excluding carboxylic acids is 1. The number of likely N-dealkylation sites (N-methyl/N-ethyl adjacent to an activating group) is 1. The zero-order valence-corrected chi connectivity index (χ0v) is 10.5. The summed E-state index contributed by atoms with van der Waals surface area (Å²) >= 11 is 2.90. The topological polar surface area (TPSA) is 29.5 Å². The number of rotatable bonds is 4. The van der Waals surface area contributed by atoms with Gasteiger partial charge in [-0.3, -0.25) is 4.79 Å². The van der Waals surface area contributed by atoms with E-state index in [1.54, 1.807) is 19.1 Å². The largest absolute Gasteiger partial charge is 0.496 e. The summed E-state index contributed by atoms with van der Waals surface area (Å²) in [5.74, 6) is 0.868. The first-order chi connectivity index (χ1) is 7.15. The molecule has 1 rings (SSSR count). The number of hydrogen-bond acceptors (Lipinski definition) is 2. The molecule has 0 atom stereocenters. The Kier molecular flexibility index (Phi) is 4.62. The number of nitrogens with zero attached hydrogens (tertiary/aromatic N) is 1. The van der Waals surface area contributed by atoms with Crippen LogP contribution in [-0.2, 0) is 6.42 Å². The third-order valence-electron chi connectivity index (χ3n) is 2.21. The molecule has 0 fully saturated rings. The standard InChI is InChI=1S/C11H14BrNO2/c1-13(11(12)14)8-7-9-5-3-4-6-10(9)15-2/h3-6H,7-8H2,1-2H3. The first kappa shape index (κ1) is 12.0. The van der Waals surface area contributed by atoms with Crippen molar-refractivity contribution in [1.29, 1.82) is 0 Å². The average molecular weight is 272 g/mol. The van der Waals surface area contributed by atoms with Gasteiger partial charge in [-0.25, -0.2) is 0 Å². The average Bonchev–Trinajstić information content (AvgIpc) is 2.26. The molecule has 0 bridgehead atoms. The lowest BCUT2D eigenvalue weighted by molar-refractivity contribution is 0.235. The minimum Gasteiger partial charge on any atom is -0.496 e. The van der Waals surface area contributed by atoms with E-state index in [1.165, 1.54) is 0 Å². The van der Waals surface area contributed by atoms with Crippen LogP contribution in [0.5, 0.6) is 5.75 Å². The van der Waals surface area contributed by atoms with Gasteiger partial charge in [0.05, 0.1) is 7.11 Å². The molecule has 15 heavy (non-hydrogen) atoms. The summed E-state index contributed by atoms with van der Waals surface area (Å²) in [6.07, 6.45) is 0.790. The lowest BCUT2D eigenvalue weighted by atomic mass is 10.1. The van der Waals surface area contributed by atoms with Gasteiger partial charge in [-0.1, -0.05) is 18.2 Å². The molecule has 0 radical (unpaired) electrons. The number of hydrogen-bond donors (Lipinski definition) is 0. The van der Waals surface area contributed by atoms with Gasteiger partial charge < -0.3 is 9.64 Å². The van der Waals surface area contributed by atoms with Crippen molar-refractivity contribution in [2.24, 2.45) is 0 Å². The second kappa shape index (κ2) is 5.75. The van der Waals surface area contributed by atoms with Crippen LogP contribution in [0, 0.1) is 0 Å². The molecule has 0 aromatic heterocycles. The van der Waals surface area contributed by atoms with Gasteiger partial charge in [0.15, 0.2) is 0 Å². The number of para-hydroxylation sites is 1. The summed E-state index contributed by atoms with van der Waals surface area (Å²) in [7, 11) is 3.41. The van der Waals surface area contributed by atoms with Crippen LogP contribution in [0.25, 0.3) is 0 Å². The molecule has 0 heterocycles. The van der Waals surface area contributed by atoms with E-state index in [2.05, 4.69) is 15.9 Å². The van der Waals surface area contributed by atoms with Gasteiger partial charge >= 0.3 is 0 Å². The number of ether oxygens (including phenoxy) is 1. The van der Waals surface area contributed by atoms with E-state index < -0.39 is 0 Å². The molecule has 0 aliphatic heterocycles. The van der Waals surface area contributed by atoms with Crippen LogP contribution in [0.1, 0.15) is 5.56 Å². The molecule has 1 aromatic rings. The quantitative estimate of drug-likeness (QED) is 0.623. The maximum absolute atomic E-state index is 10.9. The van der Waals surface area contributed by atoms with Crippen molar-refractivity contribution in [1.82, 2.24) is 4.90 Å². The molecular weight excluding hydrogens is 258 g/mol.